The summed E-state index contributed by atoms with van der Waals surface area (Å²) in [5.41, 5.74) is 0. The fourth-order valence-corrected chi connectivity index (χ4v) is 1.61. The molecule has 0 amide bonds. The molecule has 3 heteroatoms. The zero-order valence-corrected chi connectivity index (χ0v) is 8.66. The normalized spacial score (nSPS) is 27.0. The van der Waals surface area contributed by atoms with E-state index in [0.717, 1.165) is 24.4 Å². The standard InChI is InChI=1S/C11H16O3/c1-8-3-4-10(13-8)5-6-11-12-7-9(2)14-11/h3-4,9,11H,5-7H2,1-2H3/t9-,11-/m1/s1. The third-order valence-electron chi connectivity index (χ3n) is 2.32. The Labute approximate surface area is 84.0 Å². The van der Waals surface area contributed by atoms with E-state index in [-0.39, 0.29) is 12.4 Å². The second kappa shape index (κ2) is 4.15. The summed E-state index contributed by atoms with van der Waals surface area (Å²) in [4.78, 5) is 0. The lowest BCUT2D eigenvalue weighted by Crippen LogP contribution is -2.10. The van der Waals surface area contributed by atoms with Crippen LogP contribution in [0, 0.1) is 6.92 Å². The molecule has 0 spiro atoms. The van der Waals surface area contributed by atoms with E-state index in [0.29, 0.717) is 6.61 Å². The van der Waals surface area contributed by atoms with Gasteiger partial charge in [0, 0.05) is 12.8 Å². The lowest BCUT2D eigenvalue weighted by Gasteiger charge is -2.07. The van der Waals surface area contributed by atoms with Gasteiger partial charge in [0.05, 0.1) is 12.7 Å². The first-order valence-electron chi connectivity index (χ1n) is 5.06. The minimum atomic E-state index is -0.0459. The lowest BCUT2D eigenvalue weighted by molar-refractivity contribution is -0.0593. The second-order valence-electron chi connectivity index (χ2n) is 3.76. The van der Waals surface area contributed by atoms with Crippen LogP contribution in [0.15, 0.2) is 16.5 Å². The zero-order chi connectivity index (χ0) is 9.97. The van der Waals surface area contributed by atoms with Gasteiger partial charge in [0.15, 0.2) is 6.29 Å². The first-order chi connectivity index (χ1) is 6.74. The molecule has 0 radical (unpaired) electrons. The van der Waals surface area contributed by atoms with Crippen molar-refractivity contribution < 1.29 is 13.9 Å². The maximum absolute atomic E-state index is 5.53. The van der Waals surface area contributed by atoms with Gasteiger partial charge in [-0.15, -0.1) is 0 Å². The van der Waals surface area contributed by atoms with E-state index in [1.54, 1.807) is 0 Å². The fourth-order valence-electron chi connectivity index (χ4n) is 1.61. The molecular weight excluding hydrogens is 180 g/mol. The minimum Gasteiger partial charge on any atom is -0.466 e. The van der Waals surface area contributed by atoms with Crippen LogP contribution in [0.1, 0.15) is 24.9 Å². The molecule has 1 saturated heterocycles. The summed E-state index contributed by atoms with van der Waals surface area (Å²) in [5, 5.41) is 0. The van der Waals surface area contributed by atoms with E-state index in [1.807, 2.05) is 26.0 Å². The van der Waals surface area contributed by atoms with Gasteiger partial charge in [0.2, 0.25) is 0 Å². The van der Waals surface area contributed by atoms with Crippen LogP contribution in [0.2, 0.25) is 0 Å². The van der Waals surface area contributed by atoms with E-state index in [9.17, 15) is 0 Å². The molecule has 0 saturated carbocycles. The van der Waals surface area contributed by atoms with Gasteiger partial charge in [-0.2, -0.15) is 0 Å². The van der Waals surface area contributed by atoms with E-state index < -0.39 is 0 Å². The first-order valence-corrected chi connectivity index (χ1v) is 5.06. The highest BCUT2D eigenvalue weighted by Crippen LogP contribution is 2.17. The van der Waals surface area contributed by atoms with Crippen molar-refractivity contribution in [1.82, 2.24) is 0 Å². The van der Waals surface area contributed by atoms with Gasteiger partial charge in [-0.3, -0.25) is 0 Å². The second-order valence-corrected chi connectivity index (χ2v) is 3.76. The molecule has 0 N–H and O–H groups in total. The molecule has 1 aliphatic rings. The number of hydrogen-bond donors (Lipinski definition) is 0. The average Bonchev–Trinajstić information content (AvgIpc) is 2.72. The van der Waals surface area contributed by atoms with Crippen molar-refractivity contribution >= 4 is 0 Å². The highest BCUT2D eigenvalue weighted by molar-refractivity contribution is 5.05. The third kappa shape index (κ3) is 2.36. The van der Waals surface area contributed by atoms with Crippen molar-refractivity contribution in [2.75, 3.05) is 6.61 Å². The van der Waals surface area contributed by atoms with Crippen molar-refractivity contribution in [2.24, 2.45) is 0 Å². The average molecular weight is 196 g/mol. The quantitative estimate of drug-likeness (QED) is 0.743. The van der Waals surface area contributed by atoms with E-state index in [4.69, 9.17) is 13.9 Å². The number of furan rings is 1. The Morgan fingerprint density at radius 3 is 2.86 bits per heavy atom. The van der Waals surface area contributed by atoms with Crippen molar-refractivity contribution in [1.29, 1.82) is 0 Å². The molecule has 1 aromatic heterocycles. The van der Waals surface area contributed by atoms with Crippen LogP contribution in [-0.4, -0.2) is 19.0 Å². The van der Waals surface area contributed by atoms with E-state index in [2.05, 4.69) is 0 Å². The Morgan fingerprint density at radius 2 is 2.29 bits per heavy atom. The monoisotopic (exact) mass is 196 g/mol. The van der Waals surface area contributed by atoms with Crippen molar-refractivity contribution in [3.8, 4) is 0 Å². The molecule has 1 aliphatic heterocycles. The SMILES string of the molecule is Cc1ccc(CC[C@@H]2OC[C@@H](C)O2)o1. The first kappa shape index (κ1) is 9.74. The van der Waals surface area contributed by atoms with Gasteiger partial charge in [-0.1, -0.05) is 0 Å². The number of rotatable bonds is 3. The summed E-state index contributed by atoms with van der Waals surface area (Å²) >= 11 is 0. The van der Waals surface area contributed by atoms with E-state index >= 15 is 0 Å². The Morgan fingerprint density at radius 1 is 1.43 bits per heavy atom. The topological polar surface area (TPSA) is 31.6 Å². The van der Waals surface area contributed by atoms with Crippen LogP contribution < -0.4 is 0 Å². The van der Waals surface area contributed by atoms with Crippen LogP contribution in [0.4, 0.5) is 0 Å². The maximum Gasteiger partial charge on any atom is 0.158 e. The van der Waals surface area contributed by atoms with Crippen molar-refractivity contribution in [3.05, 3.63) is 23.7 Å². The molecule has 3 nitrogen and oxygen atoms in total. The largest absolute Gasteiger partial charge is 0.466 e. The van der Waals surface area contributed by atoms with Crippen LogP contribution in [0.5, 0.6) is 0 Å². The Bertz CT molecular complexity index is 292. The van der Waals surface area contributed by atoms with Gasteiger partial charge < -0.3 is 13.9 Å². The molecule has 0 unspecified atom stereocenters. The molecule has 14 heavy (non-hydrogen) atoms. The van der Waals surface area contributed by atoms with Gasteiger partial charge >= 0.3 is 0 Å². The number of hydrogen-bond acceptors (Lipinski definition) is 3. The molecule has 2 heterocycles. The molecule has 1 fully saturated rings. The molecule has 78 valence electrons. The zero-order valence-electron chi connectivity index (χ0n) is 8.66. The Kier molecular flexibility index (Phi) is 2.89. The van der Waals surface area contributed by atoms with Gasteiger partial charge in [0.1, 0.15) is 11.5 Å². The van der Waals surface area contributed by atoms with Crippen LogP contribution >= 0.6 is 0 Å². The van der Waals surface area contributed by atoms with Crippen molar-refractivity contribution in [2.45, 2.75) is 39.1 Å². The Hall–Kier alpha value is -0.800. The fraction of sp³-hybridized carbons (Fsp3) is 0.636. The minimum absolute atomic E-state index is 0.0459. The lowest BCUT2D eigenvalue weighted by atomic mass is 10.2. The smallest absolute Gasteiger partial charge is 0.158 e. The third-order valence-corrected chi connectivity index (χ3v) is 2.32. The number of ether oxygens (including phenoxy) is 2. The molecule has 0 aliphatic carbocycles. The van der Waals surface area contributed by atoms with Crippen LogP contribution in [0.25, 0.3) is 0 Å². The predicted octanol–water partition coefficient (Wildman–Crippen LogP) is 2.28. The highest BCUT2D eigenvalue weighted by atomic mass is 16.7. The number of aryl methyl sites for hydroxylation is 2. The summed E-state index contributed by atoms with van der Waals surface area (Å²) < 4.78 is 16.4. The summed E-state index contributed by atoms with van der Waals surface area (Å²) in [6, 6.07) is 3.99. The summed E-state index contributed by atoms with van der Waals surface area (Å²) in [5.74, 6) is 1.97. The van der Waals surface area contributed by atoms with Crippen LogP contribution in [0.3, 0.4) is 0 Å². The molecule has 1 aromatic rings. The van der Waals surface area contributed by atoms with Gasteiger partial charge in [-0.25, -0.2) is 0 Å². The predicted molar refractivity (Wildman–Crippen MR) is 52.1 cm³/mol. The van der Waals surface area contributed by atoms with Gasteiger partial charge in [-0.05, 0) is 26.0 Å². The molecular formula is C11H16O3. The molecule has 2 rings (SSSR count). The van der Waals surface area contributed by atoms with Gasteiger partial charge in [0.25, 0.3) is 0 Å². The Balaban J connectivity index is 1.77. The van der Waals surface area contributed by atoms with Crippen LogP contribution in [-0.2, 0) is 15.9 Å². The molecule has 0 aromatic carbocycles. The van der Waals surface area contributed by atoms with E-state index in [1.165, 1.54) is 0 Å². The highest BCUT2D eigenvalue weighted by Gasteiger charge is 2.22. The summed E-state index contributed by atoms with van der Waals surface area (Å²) in [7, 11) is 0. The summed E-state index contributed by atoms with van der Waals surface area (Å²) in [6.45, 7) is 4.69. The molecule has 2 atom stereocenters. The van der Waals surface area contributed by atoms with Crippen molar-refractivity contribution in [3.63, 3.8) is 0 Å². The summed E-state index contributed by atoms with van der Waals surface area (Å²) in [6.07, 6.45) is 1.94. The molecule has 0 bridgehead atoms. The maximum atomic E-state index is 5.53.